The molecular weight excluding hydrogens is 343 g/mol. The topological polar surface area (TPSA) is 80.9 Å². The maximum atomic E-state index is 13.4. The Hall–Kier alpha value is -1.83. The van der Waals surface area contributed by atoms with Crippen molar-refractivity contribution in [2.24, 2.45) is 5.41 Å². The number of hydrogen-bond donors (Lipinski definition) is 1. The monoisotopic (exact) mass is 354 g/mol. The van der Waals surface area contributed by atoms with E-state index in [2.05, 4.69) is 31.5 Å². The van der Waals surface area contributed by atoms with E-state index >= 15 is 0 Å². The summed E-state index contributed by atoms with van der Waals surface area (Å²) in [4.78, 5) is 11.4. The summed E-state index contributed by atoms with van der Waals surface area (Å²) in [6.07, 6.45) is 2.09. The number of carbonyl (C=O) groups is 1. The van der Waals surface area contributed by atoms with Crippen LogP contribution in [0.4, 0.5) is 4.39 Å². The van der Waals surface area contributed by atoms with Crippen molar-refractivity contribution in [1.29, 1.82) is 0 Å². The SMILES string of the molecule is O=C(O)C1(Cn2nnnc2-c2cc(F)ccc2Br)CCC1. The second-order valence-electron chi connectivity index (χ2n) is 5.22. The van der Waals surface area contributed by atoms with Crippen molar-refractivity contribution < 1.29 is 14.3 Å². The molecule has 0 atom stereocenters. The number of hydrogen-bond acceptors (Lipinski definition) is 4. The van der Waals surface area contributed by atoms with Gasteiger partial charge in [-0.3, -0.25) is 4.79 Å². The summed E-state index contributed by atoms with van der Waals surface area (Å²) in [7, 11) is 0. The van der Waals surface area contributed by atoms with E-state index in [1.165, 1.54) is 16.8 Å². The number of benzene rings is 1. The summed E-state index contributed by atoms with van der Waals surface area (Å²) in [6, 6.07) is 4.22. The predicted octanol–water partition coefficient (Wildman–Crippen LogP) is 2.50. The Morgan fingerprint density at radius 1 is 1.48 bits per heavy atom. The van der Waals surface area contributed by atoms with Gasteiger partial charge in [0.25, 0.3) is 0 Å². The normalized spacial score (nSPS) is 16.5. The fourth-order valence-corrected chi connectivity index (χ4v) is 2.93. The molecule has 110 valence electrons. The highest BCUT2D eigenvalue weighted by Crippen LogP contribution is 2.43. The number of aliphatic carboxylic acids is 1. The minimum atomic E-state index is -0.839. The van der Waals surface area contributed by atoms with Crippen molar-refractivity contribution in [3.63, 3.8) is 0 Å². The number of tetrazole rings is 1. The van der Waals surface area contributed by atoms with Gasteiger partial charge in [-0.25, -0.2) is 9.07 Å². The van der Waals surface area contributed by atoms with Crippen LogP contribution in [-0.4, -0.2) is 31.3 Å². The van der Waals surface area contributed by atoms with Crippen LogP contribution in [0, 0.1) is 11.2 Å². The molecule has 0 aliphatic heterocycles. The Morgan fingerprint density at radius 3 is 2.86 bits per heavy atom. The van der Waals surface area contributed by atoms with Gasteiger partial charge in [0.15, 0.2) is 5.82 Å². The number of nitrogens with zero attached hydrogens (tertiary/aromatic N) is 4. The van der Waals surface area contributed by atoms with Gasteiger partial charge in [-0.2, -0.15) is 0 Å². The van der Waals surface area contributed by atoms with E-state index in [9.17, 15) is 14.3 Å². The lowest BCUT2D eigenvalue weighted by molar-refractivity contribution is -0.156. The van der Waals surface area contributed by atoms with E-state index in [1.54, 1.807) is 6.07 Å². The van der Waals surface area contributed by atoms with Crippen LogP contribution >= 0.6 is 15.9 Å². The highest BCUT2D eigenvalue weighted by atomic mass is 79.9. The van der Waals surface area contributed by atoms with Crippen molar-refractivity contribution in [1.82, 2.24) is 20.2 Å². The minimum absolute atomic E-state index is 0.188. The van der Waals surface area contributed by atoms with Gasteiger partial charge >= 0.3 is 5.97 Å². The molecule has 0 unspecified atom stereocenters. The molecule has 1 aromatic heterocycles. The third kappa shape index (κ3) is 2.44. The summed E-state index contributed by atoms with van der Waals surface area (Å²) >= 11 is 3.33. The first-order chi connectivity index (χ1) is 10.0. The molecule has 3 rings (SSSR count). The Kier molecular flexibility index (Phi) is 3.48. The molecule has 8 heteroatoms. The zero-order valence-electron chi connectivity index (χ0n) is 11.0. The Balaban J connectivity index is 1.98. The van der Waals surface area contributed by atoms with E-state index in [0.717, 1.165) is 6.42 Å². The van der Waals surface area contributed by atoms with Gasteiger partial charge in [0.2, 0.25) is 0 Å². The fourth-order valence-electron chi connectivity index (χ4n) is 2.50. The largest absolute Gasteiger partial charge is 0.481 e. The van der Waals surface area contributed by atoms with E-state index < -0.39 is 17.2 Å². The molecule has 0 radical (unpaired) electrons. The highest BCUT2D eigenvalue weighted by Gasteiger charge is 2.45. The molecule has 1 aliphatic carbocycles. The third-order valence-corrected chi connectivity index (χ3v) is 4.61. The molecule has 0 amide bonds. The van der Waals surface area contributed by atoms with Crippen LogP contribution in [0.2, 0.25) is 0 Å². The summed E-state index contributed by atoms with van der Waals surface area (Å²) < 4.78 is 15.5. The molecule has 1 aliphatic rings. The molecule has 1 heterocycles. The predicted molar refractivity (Wildman–Crippen MR) is 74.8 cm³/mol. The first-order valence-corrected chi connectivity index (χ1v) is 7.26. The Bertz CT molecular complexity index is 699. The number of halogens is 2. The van der Waals surface area contributed by atoms with Crippen molar-refractivity contribution >= 4 is 21.9 Å². The molecule has 2 aromatic rings. The number of rotatable bonds is 4. The van der Waals surface area contributed by atoms with Crippen LogP contribution in [0.5, 0.6) is 0 Å². The lowest BCUT2D eigenvalue weighted by Crippen LogP contribution is -2.42. The average molecular weight is 355 g/mol. The summed E-state index contributed by atoms with van der Waals surface area (Å²) in [5.41, 5.74) is -0.316. The van der Waals surface area contributed by atoms with Crippen molar-refractivity contribution in [3.8, 4) is 11.4 Å². The van der Waals surface area contributed by atoms with Gasteiger partial charge in [-0.1, -0.05) is 22.4 Å². The number of carboxylic acid groups (broad SMARTS) is 1. The van der Waals surface area contributed by atoms with E-state index in [0.29, 0.717) is 28.7 Å². The maximum absolute atomic E-state index is 13.4. The molecule has 1 N–H and O–H groups in total. The zero-order chi connectivity index (χ0) is 15.0. The molecule has 1 aromatic carbocycles. The molecule has 21 heavy (non-hydrogen) atoms. The highest BCUT2D eigenvalue weighted by molar-refractivity contribution is 9.10. The standard InChI is InChI=1S/C13H12BrFN4O2/c14-10-3-2-8(15)6-9(10)11-16-17-18-19(11)7-13(12(20)21)4-1-5-13/h2-3,6H,1,4-5,7H2,(H,20,21). The smallest absolute Gasteiger partial charge is 0.311 e. The molecule has 1 fully saturated rings. The van der Waals surface area contributed by atoms with Crippen LogP contribution in [0.25, 0.3) is 11.4 Å². The first-order valence-electron chi connectivity index (χ1n) is 6.47. The fraction of sp³-hybridized carbons (Fsp3) is 0.385. The Labute approximate surface area is 128 Å². The summed E-state index contributed by atoms with van der Waals surface area (Å²) in [6.45, 7) is 0.188. The van der Waals surface area contributed by atoms with Gasteiger partial charge in [-0.15, -0.1) is 5.10 Å². The van der Waals surface area contributed by atoms with Gasteiger partial charge < -0.3 is 5.11 Å². The number of carboxylic acids is 1. The molecule has 0 saturated heterocycles. The van der Waals surface area contributed by atoms with Crippen LogP contribution in [0.15, 0.2) is 22.7 Å². The lowest BCUT2D eigenvalue weighted by atomic mass is 9.69. The second-order valence-corrected chi connectivity index (χ2v) is 6.08. The maximum Gasteiger partial charge on any atom is 0.311 e. The van der Waals surface area contributed by atoms with Crippen molar-refractivity contribution in [3.05, 3.63) is 28.5 Å². The quantitative estimate of drug-likeness (QED) is 0.912. The van der Waals surface area contributed by atoms with E-state index in [1.807, 2.05) is 0 Å². The van der Waals surface area contributed by atoms with Crippen LogP contribution in [0.1, 0.15) is 19.3 Å². The third-order valence-electron chi connectivity index (χ3n) is 3.92. The van der Waals surface area contributed by atoms with Crippen LogP contribution in [-0.2, 0) is 11.3 Å². The summed E-state index contributed by atoms with van der Waals surface area (Å²) in [5, 5.41) is 20.8. The average Bonchev–Trinajstić information content (AvgIpc) is 2.84. The second kappa shape index (κ2) is 5.18. The Morgan fingerprint density at radius 2 is 2.24 bits per heavy atom. The lowest BCUT2D eigenvalue weighted by Gasteiger charge is -2.37. The van der Waals surface area contributed by atoms with E-state index in [-0.39, 0.29) is 6.54 Å². The summed E-state index contributed by atoms with van der Waals surface area (Å²) in [5.74, 6) is -0.887. The first kappa shape index (κ1) is 14.1. The van der Waals surface area contributed by atoms with Crippen LogP contribution in [0.3, 0.4) is 0 Å². The van der Waals surface area contributed by atoms with Crippen molar-refractivity contribution in [2.45, 2.75) is 25.8 Å². The van der Waals surface area contributed by atoms with E-state index in [4.69, 9.17) is 0 Å². The van der Waals surface area contributed by atoms with Gasteiger partial charge in [0.05, 0.1) is 12.0 Å². The molecule has 1 saturated carbocycles. The molecule has 0 bridgehead atoms. The zero-order valence-corrected chi connectivity index (χ0v) is 12.5. The van der Waals surface area contributed by atoms with Gasteiger partial charge in [0, 0.05) is 10.0 Å². The van der Waals surface area contributed by atoms with Crippen LogP contribution < -0.4 is 0 Å². The minimum Gasteiger partial charge on any atom is -0.481 e. The molecule has 6 nitrogen and oxygen atoms in total. The number of aromatic nitrogens is 4. The van der Waals surface area contributed by atoms with Gasteiger partial charge in [0.1, 0.15) is 5.82 Å². The molecule has 0 spiro atoms. The van der Waals surface area contributed by atoms with Gasteiger partial charge in [-0.05, 0) is 41.5 Å². The molecular formula is C13H12BrFN4O2. The van der Waals surface area contributed by atoms with Crippen molar-refractivity contribution in [2.75, 3.05) is 0 Å².